The van der Waals surface area contributed by atoms with Crippen LogP contribution in [0.5, 0.6) is 5.75 Å². The highest BCUT2D eigenvalue weighted by molar-refractivity contribution is 5.40. The minimum absolute atomic E-state index is 0.0428. The average Bonchev–Trinajstić information content (AvgIpc) is 2.09. The summed E-state index contributed by atoms with van der Waals surface area (Å²) in [6, 6.07) is 1.62. The van der Waals surface area contributed by atoms with E-state index < -0.39 is 23.3 Å². The lowest BCUT2D eigenvalue weighted by atomic mass is 9.90. The second-order valence-electron chi connectivity index (χ2n) is 4.44. The van der Waals surface area contributed by atoms with E-state index in [9.17, 15) is 8.78 Å². The van der Waals surface area contributed by atoms with Crippen LogP contribution in [-0.2, 0) is 0 Å². The highest BCUT2D eigenvalue weighted by Gasteiger charge is 2.35. The molecule has 1 aliphatic heterocycles. The van der Waals surface area contributed by atoms with Crippen LogP contribution in [-0.4, -0.2) is 5.60 Å². The van der Waals surface area contributed by atoms with E-state index in [2.05, 4.69) is 0 Å². The average molecular weight is 213 g/mol. The van der Waals surface area contributed by atoms with Gasteiger partial charge >= 0.3 is 0 Å². The molecule has 1 atom stereocenters. The monoisotopic (exact) mass is 213 g/mol. The van der Waals surface area contributed by atoms with E-state index in [4.69, 9.17) is 10.5 Å². The first-order valence-electron chi connectivity index (χ1n) is 4.83. The van der Waals surface area contributed by atoms with Crippen molar-refractivity contribution in [3.8, 4) is 5.75 Å². The minimum atomic E-state index is -0.561. The van der Waals surface area contributed by atoms with Crippen LogP contribution in [0.25, 0.3) is 0 Å². The Morgan fingerprint density at radius 1 is 1.33 bits per heavy atom. The van der Waals surface area contributed by atoms with Crippen molar-refractivity contribution >= 4 is 0 Å². The number of fused-ring (bicyclic) bond motifs is 1. The fourth-order valence-corrected chi connectivity index (χ4v) is 1.95. The number of ether oxygens (including phenoxy) is 1. The molecule has 1 aromatic rings. The number of hydrogen-bond acceptors (Lipinski definition) is 2. The molecule has 0 fully saturated rings. The second kappa shape index (κ2) is 3.17. The van der Waals surface area contributed by atoms with Crippen molar-refractivity contribution in [1.29, 1.82) is 0 Å². The van der Waals surface area contributed by atoms with Gasteiger partial charge in [0.1, 0.15) is 11.4 Å². The topological polar surface area (TPSA) is 35.2 Å². The van der Waals surface area contributed by atoms with Gasteiger partial charge in [0, 0.05) is 18.0 Å². The van der Waals surface area contributed by atoms with E-state index >= 15 is 0 Å². The van der Waals surface area contributed by atoms with Gasteiger partial charge in [-0.25, -0.2) is 8.78 Å². The molecule has 2 N–H and O–H groups in total. The Morgan fingerprint density at radius 2 is 1.93 bits per heavy atom. The highest BCUT2D eigenvalue weighted by atomic mass is 19.1. The van der Waals surface area contributed by atoms with Crippen molar-refractivity contribution in [3.05, 3.63) is 29.3 Å². The molecular formula is C11H13F2NO. The fraction of sp³-hybridized carbons (Fsp3) is 0.455. The van der Waals surface area contributed by atoms with Crippen molar-refractivity contribution in [2.75, 3.05) is 0 Å². The first kappa shape index (κ1) is 10.4. The third kappa shape index (κ3) is 1.69. The van der Waals surface area contributed by atoms with Gasteiger partial charge in [-0.1, -0.05) is 0 Å². The Morgan fingerprint density at radius 3 is 2.60 bits per heavy atom. The van der Waals surface area contributed by atoms with Gasteiger partial charge in [-0.05, 0) is 26.0 Å². The van der Waals surface area contributed by atoms with Gasteiger partial charge in [-0.3, -0.25) is 0 Å². The number of nitrogens with two attached hydrogens (primary N) is 1. The van der Waals surface area contributed by atoms with E-state index in [1.54, 1.807) is 13.8 Å². The summed E-state index contributed by atoms with van der Waals surface area (Å²) in [6.45, 7) is 3.61. The molecule has 1 heterocycles. The van der Waals surface area contributed by atoms with Crippen molar-refractivity contribution in [3.63, 3.8) is 0 Å². The summed E-state index contributed by atoms with van der Waals surface area (Å²) in [6.07, 6.45) is 0.473. The lowest BCUT2D eigenvalue weighted by Crippen LogP contribution is -2.38. The van der Waals surface area contributed by atoms with E-state index in [1.807, 2.05) is 0 Å². The Kier molecular flexibility index (Phi) is 2.19. The van der Waals surface area contributed by atoms with Crippen LogP contribution in [0.3, 0.4) is 0 Å². The molecule has 0 saturated heterocycles. The minimum Gasteiger partial charge on any atom is -0.484 e. The maximum atomic E-state index is 13.4. The molecule has 2 rings (SSSR count). The highest BCUT2D eigenvalue weighted by Crippen LogP contribution is 2.40. The molecule has 1 aromatic carbocycles. The second-order valence-corrected chi connectivity index (χ2v) is 4.44. The summed E-state index contributed by atoms with van der Waals surface area (Å²) in [4.78, 5) is 0. The zero-order valence-electron chi connectivity index (χ0n) is 8.68. The fourth-order valence-electron chi connectivity index (χ4n) is 1.95. The molecule has 0 saturated carbocycles. The van der Waals surface area contributed by atoms with Crippen LogP contribution in [0.15, 0.2) is 12.1 Å². The molecule has 0 aliphatic carbocycles. The molecule has 4 heteroatoms. The maximum Gasteiger partial charge on any atom is 0.165 e. The molecule has 1 unspecified atom stereocenters. The Hall–Kier alpha value is -1.16. The van der Waals surface area contributed by atoms with Crippen LogP contribution in [0.2, 0.25) is 0 Å². The van der Waals surface area contributed by atoms with Crippen molar-refractivity contribution < 1.29 is 13.5 Å². The van der Waals surface area contributed by atoms with Gasteiger partial charge in [0.15, 0.2) is 11.6 Å². The van der Waals surface area contributed by atoms with Crippen molar-refractivity contribution in [2.24, 2.45) is 5.73 Å². The van der Waals surface area contributed by atoms with Gasteiger partial charge < -0.3 is 10.5 Å². The van der Waals surface area contributed by atoms with Crippen LogP contribution in [0, 0.1) is 11.6 Å². The van der Waals surface area contributed by atoms with Gasteiger partial charge in [0.2, 0.25) is 0 Å². The Labute approximate surface area is 87.0 Å². The summed E-state index contributed by atoms with van der Waals surface area (Å²) >= 11 is 0. The molecule has 0 amide bonds. The standard InChI is InChI=1S/C11H13F2NO/c1-11(2)5-8(14)9-6(12)3-4-7(13)10(9)15-11/h3-4,8H,5,14H2,1-2H3. The number of halogens is 2. The number of rotatable bonds is 0. The molecule has 0 bridgehead atoms. The van der Waals surface area contributed by atoms with E-state index in [0.29, 0.717) is 6.42 Å². The Balaban J connectivity index is 2.59. The van der Waals surface area contributed by atoms with Gasteiger partial charge in [-0.15, -0.1) is 0 Å². The summed E-state index contributed by atoms with van der Waals surface area (Å²) in [5.74, 6) is -1.11. The summed E-state index contributed by atoms with van der Waals surface area (Å²) < 4.78 is 32.3. The van der Waals surface area contributed by atoms with Crippen molar-refractivity contribution in [2.45, 2.75) is 31.9 Å². The summed E-state index contributed by atoms with van der Waals surface area (Å²) in [7, 11) is 0. The molecule has 2 nitrogen and oxygen atoms in total. The van der Waals surface area contributed by atoms with Crippen LogP contribution in [0.4, 0.5) is 8.78 Å². The third-order valence-electron chi connectivity index (χ3n) is 2.56. The van der Waals surface area contributed by atoms with E-state index in [1.165, 1.54) is 0 Å². The van der Waals surface area contributed by atoms with E-state index in [-0.39, 0.29) is 11.3 Å². The maximum absolute atomic E-state index is 13.4. The van der Waals surface area contributed by atoms with Gasteiger partial charge in [-0.2, -0.15) is 0 Å². The largest absolute Gasteiger partial charge is 0.484 e. The van der Waals surface area contributed by atoms with Crippen LogP contribution >= 0.6 is 0 Å². The first-order chi connectivity index (χ1) is 6.91. The smallest absolute Gasteiger partial charge is 0.165 e. The molecule has 0 radical (unpaired) electrons. The predicted octanol–water partition coefficient (Wildman–Crippen LogP) is 2.53. The van der Waals surface area contributed by atoms with Gasteiger partial charge in [0.25, 0.3) is 0 Å². The molecular weight excluding hydrogens is 200 g/mol. The van der Waals surface area contributed by atoms with Crippen molar-refractivity contribution in [1.82, 2.24) is 0 Å². The lowest BCUT2D eigenvalue weighted by Gasteiger charge is -2.36. The summed E-state index contributed by atoms with van der Waals surface area (Å²) in [5, 5.41) is 0. The number of hydrogen-bond donors (Lipinski definition) is 1. The Bertz CT molecular complexity index is 404. The van der Waals surface area contributed by atoms with E-state index in [0.717, 1.165) is 12.1 Å². The van der Waals surface area contributed by atoms with Gasteiger partial charge in [0.05, 0.1) is 0 Å². The molecule has 82 valence electrons. The lowest BCUT2D eigenvalue weighted by molar-refractivity contribution is 0.0657. The number of benzene rings is 1. The zero-order valence-corrected chi connectivity index (χ0v) is 8.68. The quantitative estimate of drug-likeness (QED) is 0.718. The zero-order chi connectivity index (χ0) is 11.2. The SMILES string of the molecule is CC1(C)CC(N)c2c(F)ccc(F)c2O1. The first-order valence-corrected chi connectivity index (χ1v) is 4.83. The normalized spacial score (nSPS) is 23.1. The molecule has 15 heavy (non-hydrogen) atoms. The molecule has 0 spiro atoms. The molecule has 1 aliphatic rings. The predicted molar refractivity (Wildman–Crippen MR) is 52.6 cm³/mol. The van der Waals surface area contributed by atoms with Crippen LogP contribution < -0.4 is 10.5 Å². The molecule has 0 aromatic heterocycles. The summed E-state index contributed by atoms with van der Waals surface area (Å²) in [5.41, 5.74) is 5.40. The third-order valence-corrected chi connectivity index (χ3v) is 2.56. The van der Waals surface area contributed by atoms with Crippen LogP contribution in [0.1, 0.15) is 31.9 Å².